The van der Waals surface area contributed by atoms with Crippen LogP contribution in [0.5, 0.6) is 0 Å². The average molecular weight is 354 g/mol. The summed E-state index contributed by atoms with van der Waals surface area (Å²) in [4.78, 5) is 28.0. The van der Waals surface area contributed by atoms with Crippen molar-refractivity contribution >= 4 is 48.1 Å². The molecule has 1 aliphatic carbocycles. The first-order valence-electron chi connectivity index (χ1n) is 8.76. The summed E-state index contributed by atoms with van der Waals surface area (Å²) in [6.45, 7) is 0. The van der Waals surface area contributed by atoms with E-state index in [1.807, 2.05) is 30.3 Å². The molecule has 6 nitrogen and oxygen atoms in total. The SMILES string of the molecule is [B]c1[nH]c2cc(NC(=O)[C@@H]3C[C@H]3c3ccccc3)cc3c2c1C=NNC3=O. The zero-order valence-corrected chi connectivity index (χ0v) is 14.3. The van der Waals surface area contributed by atoms with Crippen molar-refractivity contribution in [1.29, 1.82) is 0 Å². The molecule has 0 bridgehead atoms. The van der Waals surface area contributed by atoms with Gasteiger partial charge >= 0.3 is 0 Å². The van der Waals surface area contributed by atoms with Crippen LogP contribution in [-0.2, 0) is 4.79 Å². The molecule has 1 aromatic heterocycles. The topological polar surface area (TPSA) is 86.3 Å². The molecule has 2 aliphatic rings. The fourth-order valence-corrected chi connectivity index (χ4v) is 3.77. The molecule has 5 rings (SSSR count). The van der Waals surface area contributed by atoms with Crippen molar-refractivity contribution in [2.24, 2.45) is 11.0 Å². The van der Waals surface area contributed by atoms with Gasteiger partial charge in [-0.05, 0) is 35.6 Å². The van der Waals surface area contributed by atoms with E-state index in [4.69, 9.17) is 7.85 Å². The molecule has 130 valence electrons. The summed E-state index contributed by atoms with van der Waals surface area (Å²) in [5.41, 5.74) is 6.42. The number of rotatable bonds is 3. The van der Waals surface area contributed by atoms with Crippen LogP contribution in [0.15, 0.2) is 47.6 Å². The lowest BCUT2D eigenvalue weighted by Crippen LogP contribution is -2.18. The molecule has 1 fully saturated rings. The molecule has 1 aliphatic heterocycles. The number of aromatic nitrogens is 1. The molecular weight excluding hydrogens is 339 g/mol. The van der Waals surface area contributed by atoms with Crippen LogP contribution in [0.25, 0.3) is 10.9 Å². The monoisotopic (exact) mass is 354 g/mol. The van der Waals surface area contributed by atoms with Gasteiger partial charge in [-0.2, -0.15) is 5.10 Å². The maximum Gasteiger partial charge on any atom is 0.272 e. The normalized spacial score (nSPS) is 20.2. The fourth-order valence-electron chi connectivity index (χ4n) is 3.77. The smallest absolute Gasteiger partial charge is 0.272 e. The lowest BCUT2D eigenvalue weighted by molar-refractivity contribution is -0.117. The number of hydrazone groups is 1. The van der Waals surface area contributed by atoms with Crippen LogP contribution < -0.4 is 16.3 Å². The summed E-state index contributed by atoms with van der Waals surface area (Å²) in [5.74, 6) is -0.177. The summed E-state index contributed by atoms with van der Waals surface area (Å²) in [7, 11) is 6.00. The number of H-pyrrole nitrogens is 1. The first kappa shape index (κ1) is 15.9. The maximum atomic E-state index is 12.7. The third-order valence-corrected chi connectivity index (χ3v) is 5.19. The van der Waals surface area contributed by atoms with Gasteiger partial charge in [-0.1, -0.05) is 30.3 Å². The van der Waals surface area contributed by atoms with Crippen LogP contribution >= 0.6 is 0 Å². The Hall–Kier alpha value is -3.35. The van der Waals surface area contributed by atoms with Gasteiger partial charge in [0.15, 0.2) is 0 Å². The highest BCUT2D eigenvalue weighted by Gasteiger charge is 2.43. The third kappa shape index (κ3) is 2.63. The third-order valence-electron chi connectivity index (χ3n) is 5.19. The minimum atomic E-state index is -0.335. The number of hydrogen-bond acceptors (Lipinski definition) is 3. The van der Waals surface area contributed by atoms with Gasteiger partial charge in [0.1, 0.15) is 7.85 Å². The van der Waals surface area contributed by atoms with Gasteiger partial charge in [-0.3, -0.25) is 9.59 Å². The van der Waals surface area contributed by atoms with E-state index in [1.54, 1.807) is 12.1 Å². The van der Waals surface area contributed by atoms with E-state index >= 15 is 0 Å². The predicted molar refractivity (Wildman–Crippen MR) is 105 cm³/mol. The summed E-state index contributed by atoms with van der Waals surface area (Å²) in [6.07, 6.45) is 2.36. The van der Waals surface area contributed by atoms with Crippen molar-refractivity contribution in [3.8, 4) is 0 Å². The molecule has 2 aromatic carbocycles. The number of aromatic amines is 1. The number of anilines is 1. The van der Waals surface area contributed by atoms with E-state index in [2.05, 4.69) is 20.8 Å². The van der Waals surface area contributed by atoms with E-state index in [1.165, 1.54) is 11.8 Å². The van der Waals surface area contributed by atoms with Gasteiger partial charge in [0.2, 0.25) is 5.91 Å². The van der Waals surface area contributed by atoms with E-state index in [9.17, 15) is 9.59 Å². The molecule has 27 heavy (non-hydrogen) atoms. The number of carbonyl (C=O) groups is 2. The van der Waals surface area contributed by atoms with E-state index < -0.39 is 0 Å². The number of nitrogens with zero attached hydrogens (tertiary/aromatic N) is 1. The Morgan fingerprint density at radius 3 is 2.85 bits per heavy atom. The minimum Gasteiger partial charge on any atom is -0.367 e. The molecule has 3 aromatic rings. The van der Waals surface area contributed by atoms with Gasteiger partial charge in [0.25, 0.3) is 5.91 Å². The summed E-state index contributed by atoms with van der Waals surface area (Å²) < 4.78 is 0. The molecular formula is C20H15BN4O2. The second-order valence-corrected chi connectivity index (χ2v) is 6.95. The molecule has 7 heteroatoms. The molecule has 2 atom stereocenters. The van der Waals surface area contributed by atoms with Crippen molar-refractivity contribution in [1.82, 2.24) is 10.4 Å². The quantitative estimate of drug-likeness (QED) is 0.627. The second kappa shape index (κ2) is 5.84. The van der Waals surface area contributed by atoms with Crippen LogP contribution in [0.2, 0.25) is 0 Å². The van der Waals surface area contributed by atoms with E-state index in [-0.39, 0.29) is 23.7 Å². The Morgan fingerprint density at radius 1 is 1.22 bits per heavy atom. The molecule has 0 unspecified atom stereocenters. The lowest BCUT2D eigenvalue weighted by atomic mass is 9.96. The van der Waals surface area contributed by atoms with Gasteiger partial charge < -0.3 is 10.3 Å². The first-order valence-corrected chi connectivity index (χ1v) is 8.76. The van der Waals surface area contributed by atoms with Crippen molar-refractivity contribution in [3.05, 3.63) is 59.2 Å². The van der Waals surface area contributed by atoms with Crippen molar-refractivity contribution in [2.75, 3.05) is 5.32 Å². The van der Waals surface area contributed by atoms with E-state index in [0.717, 1.165) is 6.42 Å². The average Bonchev–Trinajstić information content (AvgIpc) is 3.42. The zero-order valence-electron chi connectivity index (χ0n) is 14.3. The minimum absolute atomic E-state index is 0.0413. The largest absolute Gasteiger partial charge is 0.367 e. The predicted octanol–water partition coefficient (Wildman–Crippen LogP) is 1.78. The van der Waals surface area contributed by atoms with Crippen molar-refractivity contribution in [3.63, 3.8) is 0 Å². The fraction of sp³-hybridized carbons (Fsp3) is 0.150. The van der Waals surface area contributed by atoms with Gasteiger partial charge in [-0.25, -0.2) is 5.43 Å². The molecule has 2 amide bonds. The zero-order chi connectivity index (χ0) is 18.5. The molecule has 0 spiro atoms. The number of nitrogens with one attached hydrogen (secondary N) is 3. The highest BCUT2D eigenvalue weighted by atomic mass is 16.2. The summed E-state index contributed by atoms with van der Waals surface area (Å²) >= 11 is 0. The Kier molecular flexibility index (Phi) is 3.43. The second-order valence-electron chi connectivity index (χ2n) is 6.95. The number of amides is 2. The Labute approximate surface area is 156 Å². The molecule has 0 saturated heterocycles. The summed E-state index contributed by atoms with van der Waals surface area (Å²) in [6, 6.07) is 13.5. The molecule has 1 saturated carbocycles. The first-order chi connectivity index (χ1) is 13.1. The summed E-state index contributed by atoms with van der Waals surface area (Å²) in [5, 5.41) is 7.54. The van der Waals surface area contributed by atoms with Gasteiger partial charge in [0.05, 0.1) is 11.8 Å². The lowest BCUT2D eigenvalue weighted by Gasteiger charge is -2.08. The van der Waals surface area contributed by atoms with Crippen LogP contribution in [0.1, 0.15) is 33.8 Å². The molecule has 2 radical (unpaired) electrons. The van der Waals surface area contributed by atoms with Crippen LogP contribution in [0, 0.1) is 5.92 Å². The Morgan fingerprint density at radius 2 is 2.04 bits per heavy atom. The Bertz CT molecular complexity index is 1120. The van der Waals surface area contributed by atoms with Gasteiger partial charge in [0, 0.05) is 28.1 Å². The number of carbonyl (C=O) groups excluding carboxylic acids is 2. The molecule has 3 N–H and O–H groups in total. The van der Waals surface area contributed by atoms with Crippen LogP contribution in [0.3, 0.4) is 0 Å². The number of hydrogen-bond donors (Lipinski definition) is 3. The highest BCUT2D eigenvalue weighted by Crippen LogP contribution is 2.48. The van der Waals surface area contributed by atoms with Crippen LogP contribution in [0.4, 0.5) is 5.69 Å². The van der Waals surface area contributed by atoms with E-state index in [0.29, 0.717) is 33.3 Å². The maximum absolute atomic E-state index is 12.7. The van der Waals surface area contributed by atoms with Crippen molar-refractivity contribution in [2.45, 2.75) is 12.3 Å². The standard InChI is InChI=1S/C20H15BN4O2/c21-18-15-9-22-25-20(27)14-6-11(7-16(24-18)17(14)15)23-19(26)13-8-12(13)10-4-2-1-3-5-10/h1-7,9,12-13,24H,8H2,(H,23,26)(H,25,27)/t12-,13+/m0/s1. The Balaban J connectivity index is 1.44. The van der Waals surface area contributed by atoms with Crippen molar-refractivity contribution < 1.29 is 9.59 Å². The molecule has 2 heterocycles. The highest BCUT2D eigenvalue weighted by molar-refractivity contribution is 6.38. The van der Waals surface area contributed by atoms with Crippen LogP contribution in [-0.4, -0.2) is 30.9 Å². The number of benzene rings is 2. The van der Waals surface area contributed by atoms with Gasteiger partial charge in [-0.15, -0.1) is 0 Å².